The van der Waals surface area contributed by atoms with Crippen LogP contribution in [0.1, 0.15) is 51.5 Å². The van der Waals surface area contributed by atoms with Gasteiger partial charge in [0.1, 0.15) is 29.3 Å². The zero-order chi connectivity index (χ0) is 24.4. The second-order valence-electron chi connectivity index (χ2n) is 7.84. The van der Waals surface area contributed by atoms with Gasteiger partial charge in [0, 0.05) is 12.1 Å². The summed E-state index contributed by atoms with van der Waals surface area (Å²) in [5.74, 6) is 4.52. The molecule has 1 fully saturated rings. The molecule has 0 saturated heterocycles. The summed E-state index contributed by atoms with van der Waals surface area (Å²) in [7, 11) is 1.40. The quantitative estimate of drug-likeness (QED) is 0.386. The number of aromatic nitrogens is 2. The lowest BCUT2D eigenvalue weighted by molar-refractivity contribution is 0.0516. The number of nitrogens with two attached hydrogens (primary N) is 1. The molecule has 0 bridgehead atoms. The number of ether oxygens (including phenoxy) is 2. The maximum atomic E-state index is 13.6. The average Bonchev–Trinajstić information content (AvgIpc) is 3.45. The van der Waals surface area contributed by atoms with E-state index >= 15 is 0 Å². The Morgan fingerprint density at radius 2 is 1.94 bits per heavy atom. The molecule has 10 heteroatoms. The van der Waals surface area contributed by atoms with E-state index in [1.54, 1.807) is 31.2 Å². The van der Waals surface area contributed by atoms with Crippen LogP contribution in [0.2, 0.25) is 0 Å². The molecular formula is C24H24F2N4O4. The van der Waals surface area contributed by atoms with Gasteiger partial charge < -0.3 is 20.6 Å². The van der Waals surface area contributed by atoms with Crippen molar-refractivity contribution in [1.29, 1.82) is 0 Å². The number of nitrogen functional groups attached to an aromatic ring is 1. The third-order valence-corrected chi connectivity index (χ3v) is 5.54. The molecule has 4 rings (SSSR count). The van der Waals surface area contributed by atoms with Crippen molar-refractivity contribution in [3.8, 4) is 17.0 Å². The van der Waals surface area contributed by atoms with Gasteiger partial charge in [0.2, 0.25) is 0 Å². The highest BCUT2D eigenvalue weighted by molar-refractivity contribution is 5.97. The Balaban J connectivity index is 1.53. The molecule has 1 amide bonds. The highest BCUT2D eigenvalue weighted by Crippen LogP contribution is 2.44. The maximum absolute atomic E-state index is 13.6. The fraction of sp³-hybridized carbons (Fsp3) is 0.292. The Kier molecular flexibility index (Phi) is 6.49. The maximum Gasteiger partial charge on any atom is 0.359 e. The predicted octanol–water partition coefficient (Wildman–Crippen LogP) is 3.34. The van der Waals surface area contributed by atoms with Gasteiger partial charge in [-0.2, -0.15) is 0 Å². The number of methoxy groups -OCH3 is 1. The molecule has 8 nitrogen and oxygen atoms in total. The first kappa shape index (κ1) is 23.2. The van der Waals surface area contributed by atoms with E-state index in [-0.39, 0.29) is 30.2 Å². The summed E-state index contributed by atoms with van der Waals surface area (Å²) in [6.07, 6.45) is -0.722. The second kappa shape index (κ2) is 9.50. The Morgan fingerprint density at radius 1 is 1.24 bits per heavy atom. The molecule has 2 aromatic carbocycles. The van der Waals surface area contributed by atoms with E-state index < -0.39 is 29.8 Å². The number of benzene rings is 2. The fourth-order valence-electron chi connectivity index (χ4n) is 3.65. The van der Waals surface area contributed by atoms with Crippen molar-refractivity contribution in [2.24, 2.45) is 0 Å². The van der Waals surface area contributed by atoms with E-state index in [2.05, 4.69) is 10.3 Å². The zero-order valence-electron chi connectivity index (χ0n) is 18.7. The van der Waals surface area contributed by atoms with E-state index in [1.807, 2.05) is 0 Å². The van der Waals surface area contributed by atoms with E-state index in [9.17, 15) is 18.4 Å². The minimum atomic E-state index is -1.03. The summed E-state index contributed by atoms with van der Waals surface area (Å²) >= 11 is 0. The molecule has 1 aliphatic carbocycles. The third-order valence-electron chi connectivity index (χ3n) is 5.54. The molecule has 1 heterocycles. The van der Waals surface area contributed by atoms with Crippen molar-refractivity contribution in [3.05, 3.63) is 70.9 Å². The van der Waals surface area contributed by atoms with Crippen molar-refractivity contribution in [2.75, 3.05) is 19.6 Å². The third kappa shape index (κ3) is 4.57. The van der Waals surface area contributed by atoms with Gasteiger partial charge in [-0.25, -0.2) is 23.2 Å². The molecule has 0 spiro atoms. The first-order valence-corrected chi connectivity index (χ1v) is 10.7. The molecule has 1 aliphatic rings. The molecule has 1 aromatic heterocycles. The number of halogens is 2. The van der Waals surface area contributed by atoms with E-state index in [0.29, 0.717) is 23.5 Å². The van der Waals surface area contributed by atoms with Gasteiger partial charge in [0.15, 0.2) is 5.69 Å². The minimum Gasteiger partial charge on any atom is -0.496 e. The lowest BCUT2D eigenvalue weighted by Gasteiger charge is -2.10. The van der Waals surface area contributed by atoms with Crippen LogP contribution in [-0.4, -0.2) is 41.4 Å². The molecule has 3 N–H and O–H groups in total. The zero-order valence-corrected chi connectivity index (χ0v) is 18.7. The van der Waals surface area contributed by atoms with E-state index in [1.165, 1.54) is 19.2 Å². The fourth-order valence-corrected chi connectivity index (χ4v) is 3.65. The van der Waals surface area contributed by atoms with Gasteiger partial charge in [0.25, 0.3) is 5.91 Å². The summed E-state index contributed by atoms with van der Waals surface area (Å²) in [5, 5.41) is 2.72. The van der Waals surface area contributed by atoms with Crippen molar-refractivity contribution in [2.45, 2.75) is 32.0 Å². The van der Waals surface area contributed by atoms with Gasteiger partial charge in [-0.1, -0.05) is 24.3 Å². The van der Waals surface area contributed by atoms with Crippen LogP contribution < -0.4 is 15.9 Å². The lowest BCUT2D eigenvalue weighted by Crippen LogP contribution is -2.23. The van der Waals surface area contributed by atoms with Crippen LogP contribution in [0.15, 0.2) is 42.5 Å². The van der Waals surface area contributed by atoms with Gasteiger partial charge >= 0.3 is 5.97 Å². The second-order valence-corrected chi connectivity index (χ2v) is 7.84. The summed E-state index contributed by atoms with van der Waals surface area (Å²) < 4.78 is 38.5. The smallest absolute Gasteiger partial charge is 0.359 e. The molecule has 0 aliphatic heterocycles. The van der Waals surface area contributed by atoms with Gasteiger partial charge in [-0.15, -0.1) is 0 Å². The van der Waals surface area contributed by atoms with Gasteiger partial charge in [-0.05, 0) is 37.1 Å². The number of carbonyl (C=O) groups excluding carboxylic acids is 2. The van der Waals surface area contributed by atoms with Crippen LogP contribution in [0.25, 0.3) is 11.3 Å². The number of nitrogens with zero attached hydrogens (tertiary/aromatic N) is 2. The number of rotatable bonds is 8. The van der Waals surface area contributed by atoms with Crippen molar-refractivity contribution in [3.63, 3.8) is 0 Å². The Bertz CT molecular complexity index is 1230. The van der Waals surface area contributed by atoms with Crippen LogP contribution in [0.4, 0.5) is 8.78 Å². The number of carbonyl (C=O) groups is 2. The highest BCUT2D eigenvalue weighted by Gasteiger charge is 2.44. The molecular weight excluding hydrogens is 446 g/mol. The summed E-state index contributed by atoms with van der Waals surface area (Å²) in [4.78, 5) is 29.4. The number of imidazole rings is 1. The van der Waals surface area contributed by atoms with Crippen molar-refractivity contribution >= 4 is 11.9 Å². The largest absolute Gasteiger partial charge is 0.496 e. The molecule has 3 aromatic rings. The summed E-state index contributed by atoms with van der Waals surface area (Å²) in [6, 6.07) is 10.6. The number of hydrogen-bond donors (Lipinski definition) is 2. The molecule has 0 unspecified atom stereocenters. The van der Waals surface area contributed by atoms with Crippen molar-refractivity contribution in [1.82, 2.24) is 15.0 Å². The summed E-state index contributed by atoms with van der Waals surface area (Å²) in [6.45, 7) is 2.01. The van der Waals surface area contributed by atoms with Gasteiger partial charge in [0.05, 0.1) is 25.2 Å². The van der Waals surface area contributed by atoms with Crippen LogP contribution >= 0.6 is 0 Å². The molecule has 34 heavy (non-hydrogen) atoms. The number of amides is 1. The van der Waals surface area contributed by atoms with Crippen LogP contribution in [0.5, 0.6) is 5.75 Å². The lowest BCUT2D eigenvalue weighted by atomic mass is 10.1. The SMILES string of the molecule is CCOC(=O)c1c(-c2ccc(CNC(=O)c3cc(F)ccc3OC)cc2)nc([C@@H]2C[C@@H]2F)n1N. The standard InChI is InChI=1S/C24H24F2N4O4/c1-3-34-24(32)21-20(29-22(30(21)27)16-11-18(16)26)14-6-4-13(5-7-14)12-28-23(31)17-10-15(25)8-9-19(17)33-2/h4-10,16,18H,3,11-12,27H2,1-2H3,(H,28,31)/t16-,18+/m1/s1. The first-order valence-electron chi connectivity index (χ1n) is 10.7. The Hall–Kier alpha value is -3.95. The Morgan fingerprint density at radius 3 is 2.56 bits per heavy atom. The first-order chi connectivity index (χ1) is 16.3. The number of hydrogen-bond acceptors (Lipinski definition) is 6. The number of esters is 1. The minimum absolute atomic E-state index is 0.0511. The summed E-state index contributed by atoms with van der Waals surface area (Å²) in [5.41, 5.74) is 1.78. The van der Waals surface area contributed by atoms with Crippen LogP contribution in [-0.2, 0) is 11.3 Å². The topological polar surface area (TPSA) is 108 Å². The van der Waals surface area contributed by atoms with Crippen molar-refractivity contribution < 1.29 is 27.8 Å². The van der Waals surface area contributed by atoms with Crippen LogP contribution in [0, 0.1) is 5.82 Å². The average molecular weight is 470 g/mol. The normalized spacial score (nSPS) is 16.7. The molecule has 0 radical (unpaired) electrons. The molecule has 178 valence electrons. The van der Waals surface area contributed by atoms with E-state index in [0.717, 1.165) is 16.3 Å². The van der Waals surface area contributed by atoms with E-state index in [4.69, 9.17) is 15.3 Å². The number of alkyl halides is 1. The highest BCUT2D eigenvalue weighted by atomic mass is 19.1. The predicted molar refractivity (Wildman–Crippen MR) is 120 cm³/mol. The number of nitrogens with one attached hydrogen (secondary N) is 1. The Labute approximate surface area is 194 Å². The monoisotopic (exact) mass is 470 g/mol. The van der Waals surface area contributed by atoms with Gasteiger partial charge in [-0.3, -0.25) is 4.79 Å². The van der Waals surface area contributed by atoms with Crippen LogP contribution in [0.3, 0.4) is 0 Å². The molecule has 2 atom stereocenters. The molecule has 1 saturated carbocycles.